The SMILES string of the molecule is Cc1ccc(N(C)C(=O)CCc2ccc(S(=O)(=O)N3CCOCC3)cc2)cc1C. The van der Waals surface area contributed by atoms with Gasteiger partial charge in [-0.3, -0.25) is 4.79 Å². The number of anilines is 1. The van der Waals surface area contributed by atoms with Gasteiger partial charge in [0.05, 0.1) is 18.1 Å². The monoisotopic (exact) mass is 416 g/mol. The third-order valence-corrected chi connectivity index (χ3v) is 7.32. The van der Waals surface area contributed by atoms with Crippen LogP contribution in [0, 0.1) is 13.8 Å². The van der Waals surface area contributed by atoms with Crippen LogP contribution >= 0.6 is 0 Å². The number of benzene rings is 2. The molecule has 3 rings (SSSR count). The number of hydrogen-bond acceptors (Lipinski definition) is 4. The maximum absolute atomic E-state index is 12.7. The highest BCUT2D eigenvalue weighted by Crippen LogP contribution is 2.20. The summed E-state index contributed by atoms with van der Waals surface area (Å²) in [7, 11) is -1.71. The quantitative estimate of drug-likeness (QED) is 0.726. The van der Waals surface area contributed by atoms with Gasteiger partial charge in [-0.05, 0) is 61.2 Å². The van der Waals surface area contributed by atoms with Gasteiger partial charge in [-0.15, -0.1) is 0 Å². The molecule has 2 aromatic carbocycles. The fourth-order valence-corrected chi connectivity index (χ4v) is 4.67. The average molecular weight is 417 g/mol. The predicted octanol–water partition coefficient (Wildman–Crippen LogP) is 2.92. The highest BCUT2D eigenvalue weighted by atomic mass is 32.2. The van der Waals surface area contributed by atoms with Gasteiger partial charge >= 0.3 is 0 Å². The van der Waals surface area contributed by atoms with Gasteiger partial charge in [0, 0.05) is 32.2 Å². The maximum Gasteiger partial charge on any atom is 0.243 e. The van der Waals surface area contributed by atoms with Gasteiger partial charge in [0.1, 0.15) is 0 Å². The van der Waals surface area contributed by atoms with E-state index >= 15 is 0 Å². The van der Waals surface area contributed by atoms with E-state index in [2.05, 4.69) is 0 Å². The molecule has 0 N–H and O–H groups in total. The molecule has 6 nitrogen and oxygen atoms in total. The Kier molecular flexibility index (Phi) is 6.72. The largest absolute Gasteiger partial charge is 0.379 e. The zero-order valence-electron chi connectivity index (χ0n) is 17.2. The summed E-state index contributed by atoms with van der Waals surface area (Å²) in [5.41, 5.74) is 4.17. The first kappa shape index (κ1) is 21.5. The molecule has 1 saturated heterocycles. The second kappa shape index (κ2) is 9.07. The molecule has 156 valence electrons. The molecule has 0 aromatic heterocycles. The Morgan fingerprint density at radius 3 is 2.31 bits per heavy atom. The van der Waals surface area contributed by atoms with Crippen LogP contribution in [-0.4, -0.2) is 52.0 Å². The predicted molar refractivity (Wildman–Crippen MR) is 114 cm³/mol. The standard InChI is InChI=1S/C22H28N2O4S/c1-17-4-8-20(16-18(17)2)23(3)22(25)11-7-19-5-9-21(10-6-19)29(26,27)24-12-14-28-15-13-24/h4-6,8-10,16H,7,11-15H2,1-3H3. The van der Waals surface area contributed by atoms with Crippen LogP contribution in [0.15, 0.2) is 47.4 Å². The minimum absolute atomic E-state index is 0.0262. The molecule has 0 unspecified atom stereocenters. The molecule has 1 aliphatic heterocycles. The minimum Gasteiger partial charge on any atom is -0.379 e. The Bertz CT molecular complexity index is 965. The van der Waals surface area contributed by atoms with Crippen molar-refractivity contribution in [2.24, 2.45) is 0 Å². The summed E-state index contributed by atoms with van der Waals surface area (Å²) in [6, 6.07) is 12.8. The fraction of sp³-hybridized carbons (Fsp3) is 0.409. The van der Waals surface area contributed by atoms with Gasteiger partial charge in [-0.25, -0.2) is 8.42 Å². The van der Waals surface area contributed by atoms with E-state index in [9.17, 15) is 13.2 Å². The highest BCUT2D eigenvalue weighted by Gasteiger charge is 2.26. The van der Waals surface area contributed by atoms with Crippen LogP contribution in [0.2, 0.25) is 0 Å². The number of sulfonamides is 1. The summed E-state index contributed by atoms with van der Waals surface area (Å²) in [4.78, 5) is 14.5. The molecule has 0 radical (unpaired) electrons. The number of rotatable bonds is 6. The van der Waals surface area contributed by atoms with E-state index in [0.717, 1.165) is 16.8 Å². The zero-order valence-corrected chi connectivity index (χ0v) is 18.0. The van der Waals surface area contributed by atoms with Crippen molar-refractivity contribution < 1.29 is 17.9 Å². The maximum atomic E-state index is 12.7. The summed E-state index contributed by atoms with van der Waals surface area (Å²) in [5.74, 6) is 0.0262. The first-order chi connectivity index (χ1) is 13.8. The van der Waals surface area contributed by atoms with Crippen molar-refractivity contribution in [1.29, 1.82) is 0 Å². The molecule has 2 aromatic rings. The van der Waals surface area contributed by atoms with Crippen molar-refractivity contribution >= 4 is 21.6 Å². The number of hydrogen-bond donors (Lipinski definition) is 0. The van der Waals surface area contributed by atoms with Gasteiger partial charge in [0.25, 0.3) is 0 Å². The van der Waals surface area contributed by atoms with E-state index in [1.54, 1.807) is 36.2 Å². The average Bonchev–Trinajstić information content (AvgIpc) is 2.74. The topological polar surface area (TPSA) is 66.9 Å². The van der Waals surface area contributed by atoms with Gasteiger partial charge < -0.3 is 9.64 Å². The van der Waals surface area contributed by atoms with Crippen LogP contribution in [0.5, 0.6) is 0 Å². The zero-order chi connectivity index (χ0) is 21.0. The molecule has 1 amide bonds. The fourth-order valence-electron chi connectivity index (χ4n) is 3.26. The van der Waals surface area contributed by atoms with Gasteiger partial charge in [0.15, 0.2) is 0 Å². The van der Waals surface area contributed by atoms with Crippen molar-refractivity contribution in [1.82, 2.24) is 4.31 Å². The summed E-state index contributed by atoms with van der Waals surface area (Å²) >= 11 is 0. The molecule has 0 atom stereocenters. The lowest BCUT2D eigenvalue weighted by molar-refractivity contribution is -0.118. The Hall–Kier alpha value is -2.22. The van der Waals surface area contributed by atoms with Crippen LogP contribution in [0.4, 0.5) is 5.69 Å². The van der Waals surface area contributed by atoms with Crippen LogP contribution in [0.3, 0.4) is 0 Å². The number of nitrogens with zero attached hydrogens (tertiary/aromatic N) is 2. The highest BCUT2D eigenvalue weighted by molar-refractivity contribution is 7.89. The number of amides is 1. The van der Waals surface area contributed by atoms with E-state index in [1.165, 1.54) is 9.87 Å². The molecule has 1 heterocycles. The van der Waals surface area contributed by atoms with Gasteiger partial charge in [-0.2, -0.15) is 4.31 Å². The Morgan fingerprint density at radius 2 is 1.69 bits per heavy atom. The lowest BCUT2D eigenvalue weighted by Crippen LogP contribution is -2.40. The Labute approximate surface area is 173 Å². The Balaban J connectivity index is 1.61. The lowest BCUT2D eigenvalue weighted by atomic mass is 10.1. The molecule has 0 spiro atoms. The molecule has 0 bridgehead atoms. The first-order valence-electron chi connectivity index (χ1n) is 9.79. The van der Waals surface area contributed by atoms with E-state index in [1.807, 2.05) is 32.0 Å². The summed E-state index contributed by atoms with van der Waals surface area (Å²) in [6.07, 6.45) is 0.922. The normalized spacial score (nSPS) is 15.3. The third-order valence-electron chi connectivity index (χ3n) is 5.41. The van der Waals surface area contributed by atoms with Crippen molar-refractivity contribution in [3.05, 3.63) is 59.2 Å². The second-order valence-corrected chi connectivity index (χ2v) is 9.32. The van der Waals surface area contributed by atoms with Crippen LogP contribution in [0.1, 0.15) is 23.1 Å². The summed E-state index contributed by atoms with van der Waals surface area (Å²) < 4.78 is 32.0. The van der Waals surface area contributed by atoms with Crippen molar-refractivity contribution in [3.63, 3.8) is 0 Å². The van der Waals surface area contributed by atoms with Crippen molar-refractivity contribution in [2.45, 2.75) is 31.6 Å². The van der Waals surface area contributed by atoms with E-state index < -0.39 is 10.0 Å². The molecule has 1 aliphatic rings. The molecule has 1 fully saturated rings. The number of carbonyl (C=O) groups is 1. The molecule has 0 saturated carbocycles. The number of carbonyl (C=O) groups excluding carboxylic acids is 1. The van der Waals surface area contributed by atoms with Gasteiger partial charge in [-0.1, -0.05) is 18.2 Å². The van der Waals surface area contributed by atoms with Crippen molar-refractivity contribution in [3.8, 4) is 0 Å². The van der Waals surface area contributed by atoms with E-state index in [4.69, 9.17) is 4.74 Å². The molecule has 29 heavy (non-hydrogen) atoms. The lowest BCUT2D eigenvalue weighted by Gasteiger charge is -2.26. The number of aryl methyl sites for hydroxylation is 3. The summed E-state index contributed by atoms with van der Waals surface area (Å²) in [6.45, 7) is 5.68. The molecule has 7 heteroatoms. The molecule has 0 aliphatic carbocycles. The minimum atomic E-state index is -3.49. The Morgan fingerprint density at radius 1 is 1.03 bits per heavy atom. The number of ether oxygens (including phenoxy) is 1. The van der Waals surface area contributed by atoms with Crippen LogP contribution in [0.25, 0.3) is 0 Å². The van der Waals surface area contributed by atoms with Crippen molar-refractivity contribution in [2.75, 3.05) is 38.3 Å². The third kappa shape index (κ3) is 5.04. The molecular weight excluding hydrogens is 388 g/mol. The van der Waals surface area contributed by atoms with E-state index in [-0.39, 0.29) is 10.8 Å². The van der Waals surface area contributed by atoms with Crippen LogP contribution in [-0.2, 0) is 26.0 Å². The van der Waals surface area contributed by atoms with Gasteiger partial charge in [0.2, 0.25) is 15.9 Å². The van der Waals surface area contributed by atoms with Crippen LogP contribution < -0.4 is 4.90 Å². The first-order valence-corrected chi connectivity index (χ1v) is 11.2. The smallest absolute Gasteiger partial charge is 0.243 e. The second-order valence-electron chi connectivity index (χ2n) is 7.38. The molecular formula is C22H28N2O4S. The summed E-state index contributed by atoms with van der Waals surface area (Å²) in [5, 5.41) is 0. The van der Waals surface area contributed by atoms with E-state index in [0.29, 0.717) is 39.1 Å². The number of morpholine rings is 1.